The number of hydrogen-bond donors (Lipinski definition) is 0. The van der Waals surface area contributed by atoms with Gasteiger partial charge in [0.05, 0.1) is 5.52 Å². The number of aromatic nitrogens is 1. The molecule has 483 valence electrons. The zero-order valence-corrected chi connectivity index (χ0v) is 63.9. The minimum atomic E-state index is -1.97. The quantitative estimate of drug-likeness (QED) is 0.0560. The molecule has 0 fully saturated rings. The standard InChI is InChI=1S/C46H44Ge2N2.C36H24.C9H7NO.CH3.BH.B.2Li/c1-47(2,3)35-21-25-39(26-22-35)49(37-13-9-7-10-14-37)43-31-19-33-18-30-42-44(32-20-34-17-29-41(43)45(33)46(34)42)50(38-15-11-8-12-16-38)40-27-23-36(24-28-40)48(4,5)6;1-2-11-27(12-3-1)35-31-14-6-8-16-33(31)36(34-17-9-7-15-32(34)35)28-21-18-26(19-22-28)30-23-20-25-10-4-5-13-29(25)24-30;11-8-5-1-3-7-4-2-6-10-9(7)8;;;;;/h7-32H,1-6H3;1-24H;1-6,11H;1H3;1H;;;/q;;;-1;;;2*+1/p-1/i;;;;1D;;;. The molecule has 4 nitrogen and oxygen atoms in total. The van der Waals surface area contributed by atoms with Crippen LogP contribution in [0.25, 0.3) is 109 Å². The zero-order chi connectivity index (χ0) is 68.2. The first-order valence-corrected chi connectivity index (χ1v) is 48.2. The molecule has 102 heavy (non-hydrogen) atoms. The summed E-state index contributed by atoms with van der Waals surface area (Å²) in [6.45, 7) is 0. The third kappa shape index (κ3) is 15.1. The molecule has 0 aliphatic heterocycles. The van der Waals surface area contributed by atoms with Crippen molar-refractivity contribution in [1.29, 1.82) is 1.34 Å². The van der Waals surface area contributed by atoms with Crippen molar-refractivity contribution < 1.29 is 42.8 Å². The summed E-state index contributed by atoms with van der Waals surface area (Å²) in [7, 11) is 3.75. The van der Waals surface area contributed by atoms with Gasteiger partial charge >= 0.3 is 342 Å². The molecule has 0 unspecified atom stereocenters. The Balaban J connectivity index is 0.000000188. The molecule has 0 bridgehead atoms. The maximum absolute atomic E-state index is 11.1. The van der Waals surface area contributed by atoms with Crippen LogP contribution in [0.1, 0.15) is 0 Å². The zero-order valence-electron chi connectivity index (χ0n) is 60.7. The van der Waals surface area contributed by atoms with E-state index >= 15 is 0 Å². The second-order valence-electron chi connectivity index (χ2n) is 27.2. The molecule has 17 aromatic rings. The molecular formula is C92H78B2Ge2Li2N3O. The fourth-order valence-electron chi connectivity index (χ4n) is 14.0. The fourth-order valence-corrected chi connectivity index (χ4v) is 18.9. The van der Waals surface area contributed by atoms with Gasteiger partial charge in [-0.15, -0.1) is 0 Å². The van der Waals surface area contributed by atoms with E-state index in [2.05, 4.69) is 361 Å². The van der Waals surface area contributed by atoms with Crippen LogP contribution in [0.15, 0.2) is 340 Å². The van der Waals surface area contributed by atoms with Gasteiger partial charge in [0, 0.05) is 23.0 Å². The van der Waals surface area contributed by atoms with Crippen molar-refractivity contribution in [1.82, 2.24) is 4.98 Å². The number of rotatable bonds is 11. The predicted octanol–water partition coefficient (Wildman–Crippen LogP) is 17.5. The van der Waals surface area contributed by atoms with Crippen molar-refractivity contribution in [2.75, 3.05) is 9.80 Å². The van der Waals surface area contributed by atoms with Crippen LogP contribution in [0.3, 0.4) is 0 Å². The Labute approximate surface area is 636 Å². The van der Waals surface area contributed by atoms with Crippen LogP contribution in [-0.2, 0) is 0 Å². The maximum Gasteiger partial charge on any atom is 1.00 e. The van der Waals surface area contributed by atoms with Crippen molar-refractivity contribution in [3.8, 4) is 39.1 Å². The number of fused-ring (bicyclic) bond motifs is 4. The molecular weight excluding hydrogens is 1340 g/mol. The van der Waals surface area contributed by atoms with Crippen molar-refractivity contribution in [3.05, 3.63) is 347 Å². The Hall–Kier alpha value is -9.44. The SMILES string of the molecule is [2H][B].[B].[CH3-].[CH3][Ge]([CH3])([CH3])[c]1ccc(N(c2ccccc2)c2ccc3ccc4c(N(c5ccccc5)c5cc[c]([Ge]([CH3])([CH3])[CH3])cc5)ccc5ccc2c3c54)cc1.[Li+].[Li+].[O-]c1cccc2cccnc12.c1ccc(-c2c3ccccc3c(-c3ccc(-c4ccc5ccccc5c4)cc3)c3ccccc23)cc1. The largest absolute Gasteiger partial charge is 1.00 e. The van der Waals surface area contributed by atoms with Gasteiger partial charge in [0.2, 0.25) is 0 Å². The summed E-state index contributed by atoms with van der Waals surface area (Å²) < 4.78 is 8.28. The Morgan fingerprint density at radius 2 is 0.667 bits per heavy atom. The molecule has 16 aromatic carbocycles. The second-order valence-corrected chi connectivity index (χ2v) is 48.5. The summed E-state index contributed by atoms with van der Waals surface area (Å²) in [5, 5.41) is 27.4. The van der Waals surface area contributed by atoms with Crippen LogP contribution in [0.5, 0.6) is 5.75 Å². The van der Waals surface area contributed by atoms with Gasteiger partial charge in [-0.25, -0.2) is 0 Å². The molecule has 0 amide bonds. The Morgan fingerprint density at radius 1 is 0.314 bits per heavy atom. The molecule has 0 N–H and O–H groups in total. The summed E-state index contributed by atoms with van der Waals surface area (Å²) in [6.07, 6.45) is 1.63. The molecule has 5 radical (unpaired) electrons. The van der Waals surface area contributed by atoms with Gasteiger partial charge in [0.25, 0.3) is 0 Å². The van der Waals surface area contributed by atoms with Gasteiger partial charge in [0.1, 0.15) is 0 Å². The Bertz CT molecular complexity index is 5450. The van der Waals surface area contributed by atoms with E-state index < -0.39 is 26.5 Å². The smallest absolute Gasteiger partial charge is 0.871 e. The van der Waals surface area contributed by atoms with Gasteiger partial charge in [-0.1, -0.05) is 170 Å². The molecule has 0 saturated carbocycles. The number of nitrogens with zero attached hydrogens (tertiary/aromatic N) is 3. The fraction of sp³-hybridized carbons (Fsp3) is 0.0652. The molecule has 1 heterocycles. The minimum Gasteiger partial charge on any atom is -0.871 e. The van der Waals surface area contributed by atoms with Crippen LogP contribution in [0.2, 0.25) is 34.5 Å². The van der Waals surface area contributed by atoms with Crippen LogP contribution in [0, 0.1) is 7.43 Å². The van der Waals surface area contributed by atoms with E-state index in [1.807, 2.05) is 18.2 Å². The normalized spacial score (nSPS) is 11.1. The molecule has 10 heteroatoms. The number of para-hydroxylation sites is 3. The van der Waals surface area contributed by atoms with E-state index in [4.69, 9.17) is 1.34 Å². The molecule has 0 aliphatic rings. The van der Waals surface area contributed by atoms with E-state index in [1.54, 1.807) is 12.3 Å². The Morgan fingerprint density at radius 3 is 1.12 bits per heavy atom. The van der Waals surface area contributed by atoms with Crippen molar-refractivity contribution in [2.24, 2.45) is 0 Å². The third-order valence-electron chi connectivity index (χ3n) is 19.0. The van der Waals surface area contributed by atoms with Crippen LogP contribution < -0.4 is 61.4 Å². The number of benzene rings is 16. The van der Waals surface area contributed by atoms with E-state index in [0.717, 1.165) is 16.8 Å². The van der Waals surface area contributed by atoms with Gasteiger partial charge in [-0.2, -0.15) is 0 Å². The van der Waals surface area contributed by atoms with Crippen molar-refractivity contribution in [3.63, 3.8) is 0 Å². The topological polar surface area (TPSA) is 42.4 Å². The predicted molar refractivity (Wildman–Crippen MR) is 441 cm³/mol. The summed E-state index contributed by atoms with van der Waals surface area (Å²) in [4.78, 5) is 8.84. The molecule has 17 rings (SSSR count). The average molecular weight is 1420 g/mol. The van der Waals surface area contributed by atoms with Crippen molar-refractivity contribution >= 4 is 162 Å². The van der Waals surface area contributed by atoms with Crippen molar-refractivity contribution in [2.45, 2.75) is 34.5 Å². The van der Waals surface area contributed by atoms with E-state index in [0.29, 0.717) is 5.52 Å². The molecule has 1 aromatic heterocycles. The summed E-state index contributed by atoms with van der Waals surface area (Å²) >= 11 is -3.93. The number of pyridine rings is 1. The van der Waals surface area contributed by atoms with E-state index in [1.165, 1.54) is 136 Å². The van der Waals surface area contributed by atoms with Gasteiger partial charge in [-0.3, -0.25) is 4.98 Å². The molecule has 0 aliphatic carbocycles. The number of anilines is 6. The van der Waals surface area contributed by atoms with Crippen LogP contribution in [-0.4, -0.2) is 49.6 Å². The number of hydrogen-bond acceptors (Lipinski definition) is 4. The first kappa shape index (κ1) is 73.8. The van der Waals surface area contributed by atoms with E-state index in [9.17, 15) is 5.11 Å². The first-order chi connectivity index (χ1) is 48.3. The second kappa shape index (κ2) is 32.3. The first-order valence-electron chi connectivity index (χ1n) is 34.1. The summed E-state index contributed by atoms with van der Waals surface area (Å²) in [5.41, 5.74) is 15.2. The minimum absolute atomic E-state index is 0. The van der Waals surface area contributed by atoms with E-state index in [-0.39, 0.29) is 59.3 Å². The molecule has 0 atom stereocenters. The van der Waals surface area contributed by atoms with Crippen LogP contribution >= 0.6 is 0 Å². The molecule has 0 spiro atoms. The van der Waals surface area contributed by atoms with Gasteiger partial charge < -0.3 is 12.5 Å². The summed E-state index contributed by atoms with van der Waals surface area (Å²) in [6, 6.07) is 120. The van der Waals surface area contributed by atoms with Crippen LogP contribution in [0.4, 0.5) is 34.1 Å². The third-order valence-corrected chi connectivity index (χ3v) is 27.6. The monoisotopic (exact) mass is 1430 g/mol. The van der Waals surface area contributed by atoms with Gasteiger partial charge in [0.15, 0.2) is 0 Å². The molecule has 0 saturated heterocycles. The average Bonchev–Trinajstić information content (AvgIpc) is 0.730. The Kier molecular flexibility index (Phi) is 23.3. The summed E-state index contributed by atoms with van der Waals surface area (Å²) in [5.74, 6) is 14.7. The maximum atomic E-state index is 11.1. The van der Waals surface area contributed by atoms with Gasteiger partial charge in [-0.05, 0) is 84.6 Å².